The third-order valence-electron chi connectivity index (χ3n) is 4.55. The molecule has 4 nitrogen and oxygen atoms in total. The van der Waals surface area contributed by atoms with E-state index in [-0.39, 0.29) is 18.2 Å². The van der Waals surface area contributed by atoms with Crippen LogP contribution in [0.4, 0.5) is 0 Å². The Kier molecular flexibility index (Phi) is 3.97. The normalized spacial score (nSPS) is 34.8. The molecule has 0 aliphatic carbocycles. The van der Waals surface area contributed by atoms with Gasteiger partial charge in [0.25, 0.3) is 0 Å². The number of ether oxygens (including phenoxy) is 2. The van der Waals surface area contributed by atoms with Gasteiger partial charge in [0.2, 0.25) is 0 Å². The zero-order chi connectivity index (χ0) is 12.4. The van der Waals surface area contributed by atoms with E-state index < -0.39 is 0 Å². The molecule has 3 rings (SSSR count). The van der Waals surface area contributed by atoms with Crippen molar-refractivity contribution in [2.75, 3.05) is 26.3 Å². The van der Waals surface area contributed by atoms with Crippen molar-refractivity contribution in [1.82, 2.24) is 4.90 Å². The number of hydrogen-bond acceptors (Lipinski definition) is 4. The maximum absolute atomic E-state index is 12.4. The van der Waals surface area contributed by atoms with Crippen LogP contribution in [0.1, 0.15) is 38.5 Å². The van der Waals surface area contributed by atoms with Gasteiger partial charge in [0.1, 0.15) is 0 Å². The summed E-state index contributed by atoms with van der Waals surface area (Å²) in [5.74, 6) is 0.732. The summed E-state index contributed by atoms with van der Waals surface area (Å²) >= 11 is 0. The predicted octanol–water partition coefficient (Wildman–Crippen LogP) is 1.58. The summed E-state index contributed by atoms with van der Waals surface area (Å²) in [4.78, 5) is 14.8. The summed E-state index contributed by atoms with van der Waals surface area (Å²) in [6.07, 6.45) is 6.35. The zero-order valence-electron chi connectivity index (χ0n) is 11.0. The second kappa shape index (κ2) is 5.68. The average Bonchev–Trinajstić information content (AvgIpc) is 2.91. The minimum Gasteiger partial charge on any atom is -0.350 e. The smallest absolute Gasteiger partial charge is 0.157 e. The molecule has 0 bridgehead atoms. The monoisotopic (exact) mass is 253 g/mol. The number of rotatable bonds is 3. The molecular formula is C14H23NO3. The van der Waals surface area contributed by atoms with Gasteiger partial charge in [0, 0.05) is 5.92 Å². The van der Waals surface area contributed by atoms with Gasteiger partial charge < -0.3 is 9.47 Å². The van der Waals surface area contributed by atoms with Crippen molar-refractivity contribution in [1.29, 1.82) is 0 Å². The van der Waals surface area contributed by atoms with Crippen LogP contribution in [0.2, 0.25) is 0 Å². The molecule has 102 valence electrons. The summed E-state index contributed by atoms with van der Waals surface area (Å²) in [5, 5.41) is 0. The Morgan fingerprint density at radius 2 is 1.89 bits per heavy atom. The van der Waals surface area contributed by atoms with Crippen LogP contribution in [-0.2, 0) is 14.3 Å². The van der Waals surface area contributed by atoms with Crippen molar-refractivity contribution in [3.05, 3.63) is 0 Å². The number of carbonyl (C=O) groups is 1. The molecule has 2 atom stereocenters. The third-order valence-corrected chi connectivity index (χ3v) is 4.55. The molecule has 3 aliphatic heterocycles. The number of ketones is 1. The van der Waals surface area contributed by atoms with Gasteiger partial charge in [0.05, 0.1) is 19.3 Å². The number of Topliss-reactive ketones (excluding diaryl/α,β-unsaturated/α-hetero) is 1. The lowest BCUT2D eigenvalue weighted by molar-refractivity contribution is -0.134. The van der Waals surface area contributed by atoms with E-state index in [1.54, 1.807) is 0 Å². The first kappa shape index (κ1) is 12.6. The second-order valence-electron chi connectivity index (χ2n) is 5.68. The minimum absolute atomic E-state index is 0.0535. The van der Waals surface area contributed by atoms with E-state index in [1.807, 2.05) is 0 Å². The van der Waals surface area contributed by atoms with Gasteiger partial charge in [-0.3, -0.25) is 9.69 Å². The summed E-state index contributed by atoms with van der Waals surface area (Å²) in [6.45, 7) is 3.64. The van der Waals surface area contributed by atoms with Gasteiger partial charge in [-0.1, -0.05) is 6.42 Å². The second-order valence-corrected chi connectivity index (χ2v) is 5.68. The topological polar surface area (TPSA) is 38.8 Å². The van der Waals surface area contributed by atoms with Crippen molar-refractivity contribution in [3.63, 3.8) is 0 Å². The average molecular weight is 253 g/mol. The molecule has 0 N–H and O–H groups in total. The van der Waals surface area contributed by atoms with E-state index in [0.717, 1.165) is 38.8 Å². The lowest BCUT2D eigenvalue weighted by Gasteiger charge is -2.41. The van der Waals surface area contributed by atoms with Crippen molar-refractivity contribution in [3.8, 4) is 0 Å². The number of hydrogen-bond donors (Lipinski definition) is 0. The van der Waals surface area contributed by atoms with Crippen LogP contribution >= 0.6 is 0 Å². The van der Waals surface area contributed by atoms with Gasteiger partial charge >= 0.3 is 0 Å². The first-order valence-corrected chi connectivity index (χ1v) is 7.35. The van der Waals surface area contributed by atoms with Crippen LogP contribution in [-0.4, -0.2) is 49.3 Å². The summed E-state index contributed by atoms with van der Waals surface area (Å²) in [7, 11) is 0. The Labute approximate surface area is 109 Å². The van der Waals surface area contributed by atoms with E-state index in [4.69, 9.17) is 9.47 Å². The first-order valence-electron chi connectivity index (χ1n) is 7.35. The molecule has 4 heteroatoms. The standard InChI is InChI=1S/C14H23NO3/c16-14-11(4-5-13-17-9-10-18-13)6-8-15-7-2-1-3-12(14)15/h11-13H,1-10H2/t11-,12+/m0/s1. The van der Waals surface area contributed by atoms with Crippen LogP contribution in [0.15, 0.2) is 0 Å². The molecule has 0 unspecified atom stereocenters. The highest BCUT2D eigenvalue weighted by Gasteiger charge is 2.37. The first-order chi connectivity index (χ1) is 8.84. The maximum atomic E-state index is 12.4. The molecular weight excluding hydrogens is 230 g/mol. The van der Waals surface area contributed by atoms with E-state index in [0.29, 0.717) is 19.0 Å². The lowest BCUT2D eigenvalue weighted by Crippen LogP contribution is -2.51. The van der Waals surface area contributed by atoms with Gasteiger partial charge in [-0.25, -0.2) is 0 Å². The number of piperidine rings is 2. The largest absolute Gasteiger partial charge is 0.350 e. The Balaban J connectivity index is 1.51. The Bertz CT molecular complexity index is 301. The number of carbonyl (C=O) groups excluding carboxylic acids is 1. The SMILES string of the molecule is O=C1[C@@H](CCC2OCCO2)CCN2CCCC[C@H]12. The van der Waals surface area contributed by atoms with Crippen LogP contribution < -0.4 is 0 Å². The summed E-state index contributed by atoms with van der Waals surface area (Å²) < 4.78 is 10.9. The quantitative estimate of drug-likeness (QED) is 0.765. The molecule has 3 aliphatic rings. The highest BCUT2D eigenvalue weighted by Crippen LogP contribution is 2.30. The predicted molar refractivity (Wildman–Crippen MR) is 67.3 cm³/mol. The van der Waals surface area contributed by atoms with Gasteiger partial charge in [-0.2, -0.15) is 0 Å². The lowest BCUT2D eigenvalue weighted by atomic mass is 9.82. The van der Waals surface area contributed by atoms with Crippen LogP contribution in [0.5, 0.6) is 0 Å². The molecule has 0 saturated carbocycles. The van der Waals surface area contributed by atoms with Crippen molar-refractivity contribution in [2.24, 2.45) is 5.92 Å². The van der Waals surface area contributed by atoms with E-state index >= 15 is 0 Å². The molecule has 0 spiro atoms. The minimum atomic E-state index is -0.0535. The Hall–Kier alpha value is -0.450. The number of fused-ring (bicyclic) bond motifs is 1. The fourth-order valence-corrected chi connectivity index (χ4v) is 3.51. The molecule has 0 aromatic carbocycles. The molecule has 0 aromatic heterocycles. The fraction of sp³-hybridized carbons (Fsp3) is 0.929. The maximum Gasteiger partial charge on any atom is 0.157 e. The van der Waals surface area contributed by atoms with Crippen LogP contribution in [0, 0.1) is 5.92 Å². The molecule has 0 radical (unpaired) electrons. The zero-order valence-corrected chi connectivity index (χ0v) is 11.0. The van der Waals surface area contributed by atoms with Crippen molar-refractivity contribution in [2.45, 2.75) is 50.9 Å². The van der Waals surface area contributed by atoms with Gasteiger partial charge in [-0.15, -0.1) is 0 Å². The molecule has 3 fully saturated rings. The summed E-state index contributed by atoms with van der Waals surface area (Å²) in [6, 6.07) is 0.225. The highest BCUT2D eigenvalue weighted by atomic mass is 16.7. The molecule has 0 amide bonds. The van der Waals surface area contributed by atoms with Gasteiger partial charge in [-0.05, 0) is 45.2 Å². The molecule has 0 aromatic rings. The van der Waals surface area contributed by atoms with E-state index in [2.05, 4.69) is 4.90 Å². The molecule has 3 saturated heterocycles. The highest BCUT2D eigenvalue weighted by molar-refractivity contribution is 5.87. The molecule has 3 heterocycles. The Morgan fingerprint density at radius 1 is 1.06 bits per heavy atom. The van der Waals surface area contributed by atoms with Gasteiger partial charge in [0.15, 0.2) is 12.1 Å². The van der Waals surface area contributed by atoms with Crippen LogP contribution in [0.25, 0.3) is 0 Å². The summed E-state index contributed by atoms with van der Waals surface area (Å²) in [5.41, 5.74) is 0. The van der Waals surface area contributed by atoms with Crippen LogP contribution in [0.3, 0.4) is 0 Å². The van der Waals surface area contributed by atoms with Crippen molar-refractivity contribution < 1.29 is 14.3 Å². The number of nitrogens with zero attached hydrogens (tertiary/aromatic N) is 1. The Morgan fingerprint density at radius 3 is 2.72 bits per heavy atom. The fourth-order valence-electron chi connectivity index (χ4n) is 3.51. The van der Waals surface area contributed by atoms with Crippen molar-refractivity contribution >= 4 is 5.78 Å². The van der Waals surface area contributed by atoms with E-state index in [1.165, 1.54) is 12.8 Å². The third kappa shape index (κ3) is 2.60. The molecule has 18 heavy (non-hydrogen) atoms. The van der Waals surface area contributed by atoms with E-state index in [9.17, 15) is 4.79 Å².